The number of nitrogens with one attached hydrogen (secondary N) is 1. The molecule has 1 heterocycles. The first-order chi connectivity index (χ1) is 11.9. The van der Waals surface area contributed by atoms with Gasteiger partial charge in [-0.2, -0.15) is 0 Å². The number of aromatic hydroxyl groups is 1. The van der Waals surface area contributed by atoms with E-state index in [9.17, 15) is 19.5 Å². The Labute approximate surface area is 145 Å². The van der Waals surface area contributed by atoms with Gasteiger partial charge in [-0.05, 0) is 48.4 Å². The van der Waals surface area contributed by atoms with Gasteiger partial charge in [0.1, 0.15) is 5.75 Å². The molecule has 0 unspecified atom stereocenters. The third-order valence-electron chi connectivity index (χ3n) is 3.91. The van der Waals surface area contributed by atoms with Crippen LogP contribution in [-0.2, 0) is 0 Å². The zero-order valence-electron chi connectivity index (χ0n) is 13.9. The van der Waals surface area contributed by atoms with E-state index in [4.69, 9.17) is 0 Å². The second kappa shape index (κ2) is 6.39. The predicted octanol–water partition coefficient (Wildman–Crippen LogP) is 2.90. The molecule has 2 N–H and O–H groups in total. The molecule has 0 fully saturated rings. The van der Waals surface area contributed by atoms with Gasteiger partial charge in [-0.1, -0.05) is 13.8 Å². The summed E-state index contributed by atoms with van der Waals surface area (Å²) in [6.45, 7) is 4.21. The topological polar surface area (TPSA) is 86.7 Å². The third kappa shape index (κ3) is 3.24. The second-order valence-corrected chi connectivity index (χ2v) is 6.38. The van der Waals surface area contributed by atoms with Crippen LogP contribution in [0.25, 0.3) is 0 Å². The maximum absolute atomic E-state index is 12.5. The van der Waals surface area contributed by atoms with Crippen LogP contribution in [0.15, 0.2) is 42.5 Å². The van der Waals surface area contributed by atoms with Crippen molar-refractivity contribution in [2.75, 3.05) is 11.9 Å². The van der Waals surface area contributed by atoms with Crippen molar-refractivity contribution in [2.45, 2.75) is 13.8 Å². The van der Waals surface area contributed by atoms with E-state index in [-0.39, 0.29) is 29.0 Å². The Hall–Kier alpha value is -3.15. The van der Waals surface area contributed by atoms with Crippen LogP contribution < -0.4 is 5.32 Å². The number of hydrogen-bond donors (Lipinski definition) is 2. The lowest BCUT2D eigenvalue weighted by Crippen LogP contribution is -2.33. The fraction of sp³-hybridized carbons (Fsp3) is 0.211. The Kier molecular flexibility index (Phi) is 4.27. The van der Waals surface area contributed by atoms with E-state index < -0.39 is 5.91 Å². The number of anilines is 1. The lowest BCUT2D eigenvalue weighted by atomic mass is 10.1. The first kappa shape index (κ1) is 16.7. The molecule has 128 valence electrons. The number of nitrogens with zero attached hydrogens (tertiary/aromatic N) is 1. The molecule has 2 aromatic carbocycles. The van der Waals surface area contributed by atoms with Crippen molar-refractivity contribution < 1.29 is 19.5 Å². The van der Waals surface area contributed by atoms with Gasteiger partial charge < -0.3 is 10.4 Å². The summed E-state index contributed by atoms with van der Waals surface area (Å²) in [4.78, 5) is 38.4. The Balaban J connectivity index is 1.84. The highest BCUT2D eigenvalue weighted by Gasteiger charge is 2.36. The van der Waals surface area contributed by atoms with Crippen molar-refractivity contribution in [3.8, 4) is 5.75 Å². The zero-order valence-corrected chi connectivity index (χ0v) is 13.9. The fourth-order valence-electron chi connectivity index (χ4n) is 2.71. The molecule has 25 heavy (non-hydrogen) atoms. The number of carbonyl (C=O) groups excluding carboxylic acids is 3. The van der Waals surface area contributed by atoms with Gasteiger partial charge in [0.2, 0.25) is 0 Å². The summed E-state index contributed by atoms with van der Waals surface area (Å²) in [5, 5.41) is 12.0. The van der Waals surface area contributed by atoms with Crippen LogP contribution in [0.3, 0.4) is 0 Å². The third-order valence-corrected chi connectivity index (χ3v) is 3.91. The number of phenolic OH excluding ortho intramolecular Hbond substituents is 1. The van der Waals surface area contributed by atoms with Crippen LogP contribution >= 0.6 is 0 Å². The Morgan fingerprint density at radius 3 is 2.32 bits per heavy atom. The van der Waals surface area contributed by atoms with E-state index in [1.807, 2.05) is 13.8 Å². The van der Waals surface area contributed by atoms with Gasteiger partial charge in [-0.15, -0.1) is 0 Å². The van der Waals surface area contributed by atoms with Crippen molar-refractivity contribution in [3.05, 3.63) is 59.2 Å². The molecule has 6 nitrogen and oxygen atoms in total. The van der Waals surface area contributed by atoms with Gasteiger partial charge >= 0.3 is 0 Å². The number of carbonyl (C=O) groups is 3. The van der Waals surface area contributed by atoms with Crippen molar-refractivity contribution in [1.82, 2.24) is 4.90 Å². The van der Waals surface area contributed by atoms with Crippen LogP contribution in [-0.4, -0.2) is 34.3 Å². The first-order valence-electron chi connectivity index (χ1n) is 7.97. The molecule has 0 saturated carbocycles. The average Bonchev–Trinajstić information content (AvgIpc) is 2.81. The normalized spacial score (nSPS) is 13.3. The molecule has 0 atom stereocenters. The zero-order chi connectivity index (χ0) is 18.1. The minimum atomic E-state index is -0.393. The molecule has 0 bridgehead atoms. The van der Waals surface area contributed by atoms with E-state index >= 15 is 0 Å². The minimum Gasteiger partial charge on any atom is -0.508 e. The highest BCUT2D eigenvalue weighted by atomic mass is 16.3. The van der Waals surface area contributed by atoms with Crippen LogP contribution in [0.2, 0.25) is 0 Å². The van der Waals surface area contributed by atoms with Gasteiger partial charge in [0.05, 0.1) is 11.1 Å². The van der Waals surface area contributed by atoms with Crippen molar-refractivity contribution in [1.29, 1.82) is 0 Å². The molecule has 6 heteroatoms. The lowest BCUT2D eigenvalue weighted by molar-refractivity contribution is 0.0636. The number of imide groups is 1. The quantitative estimate of drug-likeness (QED) is 0.663. The Morgan fingerprint density at radius 1 is 1.04 bits per heavy atom. The van der Waals surface area contributed by atoms with Crippen molar-refractivity contribution >= 4 is 23.4 Å². The Morgan fingerprint density at radius 2 is 1.68 bits per heavy atom. The molecule has 3 rings (SSSR count). The van der Waals surface area contributed by atoms with E-state index in [0.29, 0.717) is 23.4 Å². The minimum absolute atomic E-state index is 0.102. The molecule has 0 aliphatic carbocycles. The van der Waals surface area contributed by atoms with Crippen molar-refractivity contribution in [3.63, 3.8) is 0 Å². The summed E-state index contributed by atoms with van der Waals surface area (Å²) in [7, 11) is 0. The van der Waals surface area contributed by atoms with Gasteiger partial charge in [-0.25, -0.2) is 0 Å². The molecule has 3 amide bonds. The number of amides is 3. The number of phenols is 1. The van der Waals surface area contributed by atoms with E-state index in [2.05, 4.69) is 5.32 Å². The smallest absolute Gasteiger partial charge is 0.261 e. The summed E-state index contributed by atoms with van der Waals surface area (Å²) < 4.78 is 0. The van der Waals surface area contributed by atoms with Gasteiger partial charge in [0.25, 0.3) is 17.7 Å². The summed E-state index contributed by atoms with van der Waals surface area (Å²) in [6.07, 6.45) is 0. The average molecular weight is 338 g/mol. The molecular weight excluding hydrogens is 320 g/mol. The van der Waals surface area contributed by atoms with Crippen LogP contribution in [0.1, 0.15) is 44.9 Å². The lowest BCUT2D eigenvalue weighted by Gasteiger charge is -2.15. The molecule has 1 aliphatic heterocycles. The first-order valence-corrected chi connectivity index (χ1v) is 7.97. The molecule has 1 aliphatic rings. The molecule has 0 aromatic heterocycles. The SMILES string of the molecule is CC(C)CN1C(=O)c2ccc(C(=O)Nc3ccc(O)cc3)cc2C1=O. The number of rotatable bonds is 4. The summed E-state index contributed by atoms with van der Waals surface area (Å²) in [6, 6.07) is 10.6. The van der Waals surface area contributed by atoms with E-state index in [0.717, 1.165) is 0 Å². The Bertz CT molecular complexity index is 856. The standard InChI is InChI=1S/C19H18N2O4/c1-11(2)10-21-18(24)15-8-3-12(9-16(15)19(21)25)17(23)20-13-4-6-14(22)7-5-13/h3-9,11,22H,10H2,1-2H3,(H,20,23). The molecule has 0 spiro atoms. The van der Waals surface area contributed by atoms with Gasteiger partial charge in [0.15, 0.2) is 0 Å². The van der Waals surface area contributed by atoms with Gasteiger partial charge in [0, 0.05) is 17.8 Å². The van der Waals surface area contributed by atoms with E-state index in [1.165, 1.54) is 35.2 Å². The van der Waals surface area contributed by atoms with Crippen molar-refractivity contribution in [2.24, 2.45) is 5.92 Å². The maximum atomic E-state index is 12.5. The van der Waals surface area contributed by atoms with Crippen LogP contribution in [0.5, 0.6) is 5.75 Å². The maximum Gasteiger partial charge on any atom is 0.261 e. The highest BCUT2D eigenvalue weighted by molar-refractivity contribution is 6.22. The molecule has 0 radical (unpaired) electrons. The van der Waals surface area contributed by atoms with Crippen LogP contribution in [0, 0.1) is 5.92 Å². The summed E-state index contributed by atoms with van der Waals surface area (Å²) >= 11 is 0. The molecule has 2 aromatic rings. The highest BCUT2D eigenvalue weighted by Crippen LogP contribution is 2.25. The summed E-state index contributed by atoms with van der Waals surface area (Å²) in [5.74, 6) is -0.812. The summed E-state index contributed by atoms with van der Waals surface area (Å²) in [5.41, 5.74) is 1.39. The van der Waals surface area contributed by atoms with Gasteiger partial charge in [-0.3, -0.25) is 19.3 Å². The fourth-order valence-corrected chi connectivity index (χ4v) is 2.71. The largest absolute Gasteiger partial charge is 0.508 e. The number of benzene rings is 2. The number of fused-ring (bicyclic) bond motifs is 1. The second-order valence-electron chi connectivity index (χ2n) is 6.38. The monoisotopic (exact) mass is 338 g/mol. The predicted molar refractivity (Wildman–Crippen MR) is 92.7 cm³/mol. The number of hydrogen-bond acceptors (Lipinski definition) is 4. The molecular formula is C19H18N2O4. The van der Waals surface area contributed by atoms with Crippen LogP contribution in [0.4, 0.5) is 5.69 Å². The van der Waals surface area contributed by atoms with E-state index in [1.54, 1.807) is 12.1 Å². The molecule has 0 saturated heterocycles.